The van der Waals surface area contributed by atoms with Gasteiger partial charge in [0, 0.05) is 12.2 Å². The molecule has 0 spiro atoms. The van der Waals surface area contributed by atoms with E-state index in [0.717, 1.165) is 17.7 Å². The summed E-state index contributed by atoms with van der Waals surface area (Å²) in [4.78, 5) is 1.63. The number of benzene rings is 1. The molecule has 1 heterocycles. The van der Waals surface area contributed by atoms with Crippen LogP contribution in [0.3, 0.4) is 0 Å². The predicted molar refractivity (Wildman–Crippen MR) is 63.6 cm³/mol. The van der Waals surface area contributed by atoms with E-state index in [1.165, 1.54) is 0 Å². The SMILES string of the molecule is CC1Cc2ccccc2N(CC(O)C(F)(F)F)C1. The minimum Gasteiger partial charge on any atom is -0.382 e. The standard InChI is InChI=1S/C13H16F3NO/c1-9-6-10-4-2-3-5-11(10)17(7-9)8-12(18)13(14,15)16/h2-5,9,12,18H,6-8H2,1H3. The molecule has 2 rings (SSSR count). The number of β-amino-alcohol motifs (C(OH)–C–C–N with tert-alkyl or cyclic N) is 1. The van der Waals surface area contributed by atoms with Crippen molar-refractivity contribution in [2.75, 3.05) is 18.0 Å². The molecule has 0 radical (unpaired) electrons. The van der Waals surface area contributed by atoms with Crippen LogP contribution in [0.4, 0.5) is 18.9 Å². The fourth-order valence-electron chi connectivity index (χ4n) is 2.39. The Bertz CT molecular complexity index is 419. The first-order valence-corrected chi connectivity index (χ1v) is 5.95. The lowest BCUT2D eigenvalue weighted by atomic mass is 9.93. The molecule has 5 heteroatoms. The number of fused-ring (bicyclic) bond motifs is 1. The number of halogens is 3. The third kappa shape index (κ3) is 2.77. The van der Waals surface area contributed by atoms with Gasteiger partial charge in [-0.25, -0.2) is 0 Å². The number of rotatable bonds is 2. The summed E-state index contributed by atoms with van der Waals surface area (Å²) in [6, 6.07) is 7.43. The first kappa shape index (κ1) is 13.2. The summed E-state index contributed by atoms with van der Waals surface area (Å²) in [5.41, 5.74) is 1.85. The van der Waals surface area contributed by atoms with E-state index in [4.69, 9.17) is 0 Å². The summed E-state index contributed by atoms with van der Waals surface area (Å²) in [5.74, 6) is 0.292. The molecule has 0 saturated heterocycles. The van der Waals surface area contributed by atoms with Crippen LogP contribution >= 0.6 is 0 Å². The minimum absolute atomic E-state index is 0.292. The Morgan fingerprint density at radius 1 is 1.39 bits per heavy atom. The molecule has 0 aliphatic carbocycles. The van der Waals surface area contributed by atoms with Gasteiger partial charge >= 0.3 is 6.18 Å². The maximum absolute atomic E-state index is 12.4. The van der Waals surface area contributed by atoms with Crippen LogP contribution < -0.4 is 4.90 Å². The van der Waals surface area contributed by atoms with Crippen molar-refractivity contribution in [3.63, 3.8) is 0 Å². The van der Waals surface area contributed by atoms with Crippen molar-refractivity contribution < 1.29 is 18.3 Å². The summed E-state index contributed by atoms with van der Waals surface area (Å²) in [6.45, 7) is 2.15. The Morgan fingerprint density at radius 2 is 2.06 bits per heavy atom. The Balaban J connectivity index is 2.19. The largest absolute Gasteiger partial charge is 0.416 e. The third-order valence-electron chi connectivity index (χ3n) is 3.20. The van der Waals surface area contributed by atoms with Crippen LogP contribution in [-0.2, 0) is 6.42 Å². The average Bonchev–Trinajstić information content (AvgIpc) is 2.27. The maximum atomic E-state index is 12.4. The molecular formula is C13H16F3NO. The van der Waals surface area contributed by atoms with Gasteiger partial charge in [0.25, 0.3) is 0 Å². The van der Waals surface area contributed by atoms with Gasteiger partial charge in [-0.15, -0.1) is 0 Å². The number of para-hydroxylation sites is 1. The number of hydrogen-bond donors (Lipinski definition) is 1. The van der Waals surface area contributed by atoms with Gasteiger partial charge in [0.05, 0.1) is 6.54 Å². The second-order valence-corrected chi connectivity index (χ2v) is 4.90. The van der Waals surface area contributed by atoms with Gasteiger partial charge in [0.15, 0.2) is 6.10 Å². The van der Waals surface area contributed by atoms with E-state index in [0.29, 0.717) is 12.5 Å². The quantitative estimate of drug-likeness (QED) is 0.882. The van der Waals surface area contributed by atoms with Crippen LogP contribution in [0.5, 0.6) is 0 Å². The topological polar surface area (TPSA) is 23.5 Å². The van der Waals surface area contributed by atoms with Crippen molar-refractivity contribution in [3.05, 3.63) is 29.8 Å². The summed E-state index contributed by atoms with van der Waals surface area (Å²) < 4.78 is 37.2. The van der Waals surface area contributed by atoms with Crippen molar-refractivity contribution in [1.29, 1.82) is 0 Å². The number of nitrogens with zero attached hydrogens (tertiary/aromatic N) is 1. The maximum Gasteiger partial charge on any atom is 0.416 e. The predicted octanol–water partition coefficient (Wildman–Crippen LogP) is 2.61. The number of aliphatic hydroxyl groups is 1. The molecule has 0 amide bonds. The van der Waals surface area contributed by atoms with Gasteiger partial charge in [-0.1, -0.05) is 25.1 Å². The fraction of sp³-hybridized carbons (Fsp3) is 0.538. The van der Waals surface area contributed by atoms with Crippen molar-refractivity contribution >= 4 is 5.69 Å². The molecule has 1 aliphatic heterocycles. The van der Waals surface area contributed by atoms with Crippen LogP contribution in [0.25, 0.3) is 0 Å². The summed E-state index contributed by atoms with van der Waals surface area (Å²) in [6.07, 6.45) is -5.99. The lowest BCUT2D eigenvalue weighted by Crippen LogP contribution is -2.44. The van der Waals surface area contributed by atoms with Gasteiger partial charge in [0.2, 0.25) is 0 Å². The zero-order valence-electron chi connectivity index (χ0n) is 10.1. The van der Waals surface area contributed by atoms with E-state index in [2.05, 4.69) is 0 Å². The van der Waals surface area contributed by atoms with Gasteiger partial charge in [-0.3, -0.25) is 0 Å². The van der Waals surface area contributed by atoms with Crippen LogP contribution in [0, 0.1) is 5.92 Å². The van der Waals surface area contributed by atoms with Crippen molar-refractivity contribution in [3.8, 4) is 0 Å². The molecule has 1 aromatic carbocycles. The van der Waals surface area contributed by atoms with Gasteiger partial charge in [-0.05, 0) is 24.0 Å². The molecule has 0 saturated carbocycles. The molecule has 18 heavy (non-hydrogen) atoms. The monoisotopic (exact) mass is 259 g/mol. The highest BCUT2D eigenvalue weighted by atomic mass is 19.4. The zero-order chi connectivity index (χ0) is 13.3. The first-order valence-electron chi connectivity index (χ1n) is 5.95. The fourth-order valence-corrected chi connectivity index (χ4v) is 2.39. The van der Waals surface area contributed by atoms with E-state index >= 15 is 0 Å². The smallest absolute Gasteiger partial charge is 0.382 e. The number of aliphatic hydroxyl groups excluding tert-OH is 1. The number of anilines is 1. The van der Waals surface area contributed by atoms with E-state index < -0.39 is 18.8 Å². The molecule has 0 aromatic heterocycles. The lowest BCUT2D eigenvalue weighted by molar-refractivity contribution is -0.200. The van der Waals surface area contributed by atoms with Crippen molar-refractivity contribution in [1.82, 2.24) is 0 Å². The second kappa shape index (κ2) is 4.80. The van der Waals surface area contributed by atoms with E-state index in [1.807, 2.05) is 31.2 Å². The Kier molecular flexibility index (Phi) is 3.52. The van der Waals surface area contributed by atoms with Crippen LogP contribution in [0.2, 0.25) is 0 Å². The molecule has 1 N–H and O–H groups in total. The molecule has 2 atom stereocenters. The molecule has 0 fully saturated rings. The third-order valence-corrected chi connectivity index (χ3v) is 3.20. The zero-order valence-corrected chi connectivity index (χ0v) is 10.1. The highest BCUT2D eigenvalue weighted by Crippen LogP contribution is 2.31. The molecule has 2 unspecified atom stereocenters. The first-order chi connectivity index (χ1) is 8.38. The second-order valence-electron chi connectivity index (χ2n) is 4.90. The summed E-state index contributed by atoms with van der Waals surface area (Å²) in [5, 5.41) is 9.18. The summed E-state index contributed by atoms with van der Waals surface area (Å²) in [7, 11) is 0. The minimum atomic E-state index is -4.56. The number of hydrogen-bond acceptors (Lipinski definition) is 2. The molecule has 1 aliphatic rings. The molecular weight excluding hydrogens is 243 g/mol. The van der Waals surface area contributed by atoms with Crippen molar-refractivity contribution in [2.45, 2.75) is 25.6 Å². The van der Waals surface area contributed by atoms with E-state index in [1.54, 1.807) is 4.90 Å². The Morgan fingerprint density at radius 3 is 2.72 bits per heavy atom. The summed E-state index contributed by atoms with van der Waals surface area (Å²) >= 11 is 0. The highest BCUT2D eigenvalue weighted by molar-refractivity contribution is 5.55. The number of alkyl halides is 3. The highest BCUT2D eigenvalue weighted by Gasteiger charge is 2.40. The lowest BCUT2D eigenvalue weighted by Gasteiger charge is -2.36. The Labute approximate surface area is 104 Å². The van der Waals surface area contributed by atoms with Gasteiger partial charge in [0.1, 0.15) is 0 Å². The van der Waals surface area contributed by atoms with Crippen LogP contribution in [-0.4, -0.2) is 30.5 Å². The van der Waals surface area contributed by atoms with E-state index in [-0.39, 0.29) is 0 Å². The van der Waals surface area contributed by atoms with Crippen LogP contribution in [0.1, 0.15) is 12.5 Å². The average molecular weight is 259 g/mol. The molecule has 2 nitrogen and oxygen atoms in total. The van der Waals surface area contributed by atoms with Gasteiger partial charge in [-0.2, -0.15) is 13.2 Å². The Hall–Kier alpha value is -1.23. The normalized spacial score (nSPS) is 21.6. The van der Waals surface area contributed by atoms with Crippen LogP contribution in [0.15, 0.2) is 24.3 Å². The van der Waals surface area contributed by atoms with E-state index in [9.17, 15) is 18.3 Å². The van der Waals surface area contributed by atoms with Gasteiger partial charge < -0.3 is 10.0 Å². The molecule has 1 aromatic rings. The molecule has 0 bridgehead atoms. The molecule has 100 valence electrons. The van der Waals surface area contributed by atoms with Crippen molar-refractivity contribution in [2.24, 2.45) is 5.92 Å².